The number of rotatable bonds is 8. The Balaban J connectivity index is 2.22. The van der Waals surface area contributed by atoms with E-state index in [1.807, 2.05) is 0 Å². The van der Waals surface area contributed by atoms with E-state index in [-0.39, 0.29) is 16.4 Å². The van der Waals surface area contributed by atoms with Gasteiger partial charge in [-0.25, -0.2) is 13.1 Å². The van der Waals surface area contributed by atoms with E-state index in [1.54, 1.807) is 4.90 Å². The number of hydrogen-bond donors (Lipinski definition) is 1. The van der Waals surface area contributed by atoms with E-state index in [0.717, 1.165) is 19.3 Å². The largest absolute Gasteiger partial charge is 0.496 e. The summed E-state index contributed by atoms with van der Waals surface area (Å²) in [6.45, 7) is 4.36. The van der Waals surface area contributed by atoms with Crippen LogP contribution in [0.4, 0.5) is 0 Å². The molecule has 1 aliphatic rings. The van der Waals surface area contributed by atoms with Gasteiger partial charge in [-0.1, -0.05) is 19.8 Å². The lowest BCUT2D eigenvalue weighted by Crippen LogP contribution is -2.40. The Kier molecular flexibility index (Phi) is 7.22. The first kappa shape index (κ1) is 19.7. The Morgan fingerprint density at radius 1 is 1.28 bits per heavy atom. The lowest BCUT2D eigenvalue weighted by molar-refractivity contribution is 0.0300. The number of nitrogens with one attached hydrogen (secondary N) is 1. The number of sulfonamides is 1. The maximum absolute atomic E-state index is 12.7. The number of benzene rings is 1. The smallest absolute Gasteiger partial charge is 0.257 e. The first-order chi connectivity index (χ1) is 12.0. The fraction of sp³-hybridized carbons (Fsp3) is 0.588. The molecule has 0 aliphatic carbocycles. The summed E-state index contributed by atoms with van der Waals surface area (Å²) in [5.74, 6) is 0.115. The molecule has 8 heteroatoms. The van der Waals surface area contributed by atoms with Crippen LogP contribution < -0.4 is 9.46 Å². The molecule has 0 saturated carbocycles. The number of ether oxygens (including phenoxy) is 2. The van der Waals surface area contributed by atoms with E-state index < -0.39 is 10.0 Å². The first-order valence-corrected chi connectivity index (χ1v) is 10.0. The minimum absolute atomic E-state index is 0.0707. The van der Waals surface area contributed by atoms with Crippen LogP contribution >= 0.6 is 0 Å². The maximum Gasteiger partial charge on any atom is 0.257 e. The van der Waals surface area contributed by atoms with Gasteiger partial charge in [0.25, 0.3) is 5.91 Å². The molecule has 1 saturated heterocycles. The molecular weight excluding hydrogens is 344 g/mol. The van der Waals surface area contributed by atoms with Crippen molar-refractivity contribution >= 4 is 15.9 Å². The van der Waals surface area contributed by atoms with Crippen LogP contribution in [0.2, 0.25) is 0 Å². The van der Waals surface area contributed by atoms with Crippen molar-refractivity contribution in [1.29, 1.82) is 0 Å². The van der Waals surface area contributed by atoms with E-state index in [2.05, 4.69) is 11.6 Å². The van der Waals surface area contributed by atoms with Gasteiger partial charge in [0, 0.05) is 19.6 Å². The molecule has 0 aromatic heterocycles. The number of carbonyl (C=O) groups excluding carboxylic acids is 1. The summed E-state index contributed by atoms with van der Waals surface area (Å²) in [6, 6.07) is 4.37. The van der Waals surface area contributed by atoms with Gasteiger partial charge in [-0.2, -0.15) is 0 Å². The minimum atomic E-state index is -3.65. The van der Waals surface area contributed by atoms with Crippen molar-refractivity contribution in [1.82, 2.24) is 9.62 Å². The van der Waals surface area contributed by atoms with Crippen molar-refractivity contribution in [2.75, 3.05) is 40.0 Å². The molecule has 7 nitrogen and oxygen atoms in total. The van der Waals surface area contributed by atoms with E-state index in [4.69, 9.17) is 9.47 Å². The Bertz CT molecular complexity index is 684. The molecule has 1 aliphatic heterocycles. The first-order valence-electron chi connectivity index (χ1n) is 8.54. The van der Waals surface area contributed by atoms with Gasteiger partial charge in [0.1, 0.15) is 5.75 Å². The normalized spacial score (nSPS) is 15.2. The molecule has 140 valence electrons. The number of carbonyl (C=O) groups is 1. The zero-order chi connectivity index (χ0) is 18.3. The third-order valence-electron chi connectivity index (χ3n) is 4.08. The Labute approximate surface area is 149 Å². The summed E-state index contributed by atoms with van der Waals surface area (Å²) in [5.41, 5.74) is 0.251. The predicted molar refractivity (Wildman–Crippen MR) is 94.4 cm³/mol. The third kappa shape index (κ3) is 5.17. The van der Waals surface area contributed by atoms with Crippen LogP contribution in [0.5, 0.6) is 5.75 Å². The SMILES string of the molecule is CCCCCNS(=O)(=O)c1ccc(OC)c(C(=O)N2CCOCC2)c1. The quantitative estimate of drug-likeness (QED) is 0.703. The van der Waals surface area contributed by atoms with Crippen LogP contribution in [-0.2, 0) is 14.8 Å². The summed E-state index contributed by atoms with van der Waals surface area (Å²) < 4.78 is 38.0. The standard InChI is InChI=1S/C17H26N2O5S/c1-3-4-5-8-18-25(21,22)14-6-7-16(23-2)15(13-14)17(20)19-9-11-24-12-10-19/h6-7,13,18H,3-5,8-12H2,1-2H3. The van der Waals surface area contributed by atoms with Crippen molar-refractivity contribution in [2.45, 2.75) is 31.1 Å². The van der Waals surface area contributed by atoms with Gasteiger partial charge in [0.2, 0.25) is 10.0 Å². The molecule has 1 N–H and O–H groups in total. The van der Waals surface area contributed by atoms with Gasteiger partial charge in [-0.3, -0.25) is 4.79 Å². The van der Waals surface area contributed by atoms with Crippen molar-refractivity contribution in [3.63, 3.8) is 0 Å². The maximum atomic E-state index is 12.7. The van der Waals surface area contributed by atoms with E-state index in [1.165, 1.54) is 25.3 Å². The van der Waals surface area contributed by atoms with E-state index in [9.17, 15) is 13.2 Å². The number of unbranched alkanes of at least 4 members (excludes halogenated alkanes) is 2. The topological polar surface area (TPSA) is 84.9 Å². The van der Waals surface area contributed by atoms with Crippen LogP contribution in [0.1, 0.15) is 36.5 Å². The molecule has 0 bridgehead atoms. The highest BCUT2D eigenvalue weighted by molar-refractivity contribution is 7.89. The molecular formula is C17H26N2O5S. The van der Waals surface area contributed by atoms with Crippen LogP contribution in [0.3, 0.4) is 0 Å². The zero-order valence-electron chi connectivity index (χ0n) is 14.8. The summed E-state index contributed by atoms with van der Waals surface area (Å²) in [5, 5.41) is 0. The van der Waals surface area contributed by atoms with Crippen LogP contribution in [-0.4, -0.2) is 59.2 Å². The van der Waals surface area contributed by atoms with Crippen molar-refractivity contribution in [3.8, 4) is 5.75 Å². The van der Waals surface area contributed by atoms with Crippen LogP contribution in [0, 0.1) is 0 Å². The number of methoxy groups -OCH3 is 1. The fourth-order valence-corrected chi connectivity index (χ4v) is 3.72. The number of hydrogen-bond acceptors (Lipinski definition) is 5. The molecule has 0 spiro atoms. The third-order valence-corrected chi connectivity index (χ3v) is 5.54. The summed E-state index contributed by atoms with van der Waals surface area (Å²) in [6.07, 6.45) is 2.76. The minimum Gasteiger partial charge on any atom is -0.496 e. The molecule has 1 heterocycles. The molecule has 2 rings (SSSR count). The average molecular weight is 370 g/mol. The molecule has 0 unspecified atom stereocenters. The molecule has 1 fully saturated rings. The second kappa shape index (κ2) is 9.17. The van der Waals surface area contributed by atoms with Gasteiger partial charge < -0.3 is 14.4 Å². The fourth-order valence-electron chi connectivity index (χ4n) is 2.62. The monoisotopic (exact) mass is 370 g/mol. The molecule has 0 atom stereocenters. The number of amides is 1. The van der Waals surface area contributed by atoms with Crippen LogP contribution in [0.15, 0.2) is 23.1 Å². The van der Waals surface area contributed by atoms with Crippen LogP contribution in [0.25, 0.3) is 0 Å². The second-order valence-electron chi connectivity index (χ2n) is 5.87. The molecule has 1 aromatic carbocycles. The molecule has 0 radical (unpaired) electrons. The lowest BCUT2D eigenvalue weighted by atomic mass is 10.1. The second-order valence-corrected chi connectivity index (χ2v) is 7.64. The summed E-state index contributed by atoms with van der Waals surface area (Å²) in [4.78, 5) is 14.4. The highest BCUT2D eigenvalue weighted by Gasteiger charge is 2.24. The Morgan fingerprint density at radius 3 is 2.64 bits per heavy atom. The van der Waals surface area contributed by atoms with Gasteiger partial charge in [0.15, 0.2) is 0 Å². The highest BCUT2D eigenvalue weighted by Crippen LogP contribution is 2.24. The van der Waals surface area contributed by atoms with E-state index in [0.29, 0.717) is 38.6 Å². The molecule has 25 heavy (non-hydrogen) atoms. The highest BCUT2D eigenvalue weighted by atomic mass is 32.2. The lowest BCUT2D eigenvalue weighted by Gasteiger charge is -2.27. The van der Waals surface area contributed by atoms with Crippen molar-refractivity contribution in [2.24, 2.45) is 0 Å². The average Bonchev–Trinajstić information content (AvgIpc) is 2.65. The van der Waals surface area contributed by atoms with E-state index >= 15 is 0 Å². The Morgan fingerprint density at radius 2 is 2.00 bits per heavy atom. The van der Waals surface area contributed by atoms with Crippen molar-refractivity contribution < 1.29 is 22.7 Å². The zero-order valence-corrected chi connectivity index (χ0v) is 15.6. The number of nitrogens with zero attached hydrogens (tertiary/aromatic N) is 1. The predicted octanol–water partition coefficient (Wildman–Crippen LogP) is 1.64. The summed E-state index contributed by atoms with van der Waals surface area (Å²) >= 11 is 0. The Hall–Kier alpha value is -1.64. The molecule has 1 aromatic rings. The summed E-state index contributed by atoms with van der Waals surface area (Å²) in [7, 11) is -2.19. The molecule has 1 amide bonds. The van der Waals surface area contributed by atoms with Crippen molar-refractivity contribution in [3.05, 3.63) is 23.8 Å². The van der Waals surface area contributed by atoms with Gasteiger partial charge in [-0.15, -0.1) is 0 Å². The number of morpholine rings is 1. The van der Waals surface area contributed by atoms with Gasteiger partial charge >= 0.3 is 0 Å². The van der Waals surface area contributed by atoms with Gasteiger partial charge in [0.05, 0.1) is 30.8 Å². The van der Waals surface area contributed by atoms with Gasteiger partial charge in [-0.05, 0) is 24.6 Å².